The maximum Gasteiger partial charge on any atom is 0.301 e. The van der Waals surface area contributed by atoms with Crippen molar-refractivity contribution in [2.45, 2.75) is 19.9 Å². The highest BCUT2D eigenvalue weighted by Gasteiger charge is 2.48. The van der Waals surface area contributed by atoms with Crippen LogP contribution < -0.4 is 23.8 Å². The van der Waals surface area contributed by atoms with Gasteiger partial charge in [0.2, 0.25) is 0 Å². The summed E-state index contributed by atoms with van der Waals surface area (Å²) in [6.45, 7) is 5.53. The van der Waals surface area contributed by atoms with Gasteiger partial charge in [-0.15, -0.1) is 0 Å². The van der Waals surface area contributed by atoms with E-state index in [-0.39, 0.29) is 11.3 Å². The Morgan fingerprint density at radius 3 is 2.50 bits per heavy atom. The van der Waals surface area contributed by atoms with E-state index in [1.807, 2.05) is 32.0 Å². The van der Waals surface area contributed by atoms with E-state index >= 15 is 0 Å². The molecule has 0 spiro atoms. The van der Waals surface area contributed by atoms with Gasteiger partial charge in [-0.1, -0.05) is 23.5 Å². The van der Waals surface area contributed by atoms with Crippen LogP contribution in [0.5, 0.6) is 23.0 Å². The molecule has 0 aliphatic carbocycles. The molecule has 3 heterocycles. The van der Waals surface area contributed by atoms with Gasteiger partial charge in [-0.2, -0.15) is 0 Å². The molecule has 1 N–H and O–H groups in total. The molecule has 3 aromatic carbocycles. The Morgan fingerprint density at radius 2 is 1.73 bits per heavy atom. The zero-order valence-electron chi connectivity index (χ0n) is 21.9. The minimum atomic E-state index is -0.944. The van der Waals surface area contributed by atoms with Crippen LogP contribution in [0.3, 0.4) is 0 Å². The number of aliphatic hydroxyl groups excluding tert-OH is 1. The van der Waals surface area contributed by atoms with E-state index in [2.05, 4.69) is 4.98 Å². The molecule has 2 aliphatic heterocycles. The fraction of sp³-hybridized carbons (Fsp3) is 0.233. The van der Waals surface area contributed by atoms with Crippen molar-refractivity contribution in [2.75, 3.05) is 31.3 Å². The van der Waals surface area contributed by atoms with Crippen molar-refractivity contribution in [2.24, 2.45) is 0 Å². The van der Waals surface area contributed by atoms with Gasteiger partial charge < -0.3 is 24.1 Å². The molecule has 1 aromatic heterocycles. The van der Waals surface area contributed by atoms with E-state index in [1.54, 1.807) is 42.5 Å². The molecule has 0 saturated carbocycles. The number of Topliss-reactive ketones (excluding diaryl/α,β-unsaturated/α-hetero) is 1. The number of thiazole rings is 1. The molecule has 1 saturated heterocycles. The number of aromatic nitrogens is 1. The number of ether oxygens (including phenoxy) is 4. The number of benzene rings is 3. The summed E-state index contributed by atoms with van der Waals surface area (Å²) in [5.74, 6) is 0.357. The van der Waals surface area contributed by atoms with Gasteiger partial charge in [-0.3, -0.25) is 14.5 Å². The smallest absolute Gasteiger partial charge is 0.301 e. The number of nitrogens with zero attached hydrogens (tertiary/aromatic N) is 2. The summed E-state index contributed by atoms with van der Waals surface area (Å²) in [7, 11) is 0. The minimum Gasteiger partial charge on any atom is -0.507 e. The van der Waals surface area contributed by atoms with E-state index in [0.29, 0.717) is 71.2 Å². The van der Waals surface area contributed by atoms with Crippen LogP contribution in [0.15, 0.2) is 66.2 Å². The average molecular weight is 559 g/mol. The molecular weight excluding hydrogens is 532 g/mol. The highest BCUT2D eigenvalue weighted by molar-refractivity contribution is 7.22. The predicted molar refractivity (Wildman–Crippen MR) is 151 cm³/mol. The standard InChI is InChI=1S/C30H26N2O7S/c1-3-36-19-7-5-6-17(14-19)26-25(27(33)18-8-11-22-23(15-18)39-13-12-38-22)28(34)29(35)32(26)30-31-21-10-9-20(37-4-2)16-24(21)40-30/h5-11,14-16,26,33H,3-4,12-13H2,1-2H3. The SMILES string of the molecule is CCOc1cccc(C2C(=C(O)c3ccc4c(c3)OCCO4)C(=O)C(=O)N2c2nc3ccc(OCC)cc3s2)c1. The van der Waals surface area contributed by atoms with Crippen molar-refractivity contribution < 1.29 is 33.6 Å². The molecule has 6 rings (SSSR count). The van der Waals surface area contributed by atoms with Crippen LogP contribution in [-0.4, -0.2) is 48.2 Å². The van der Waals surface area contributed by atoms with Crippen LogP contribution in [0, 0.1) is 0 Å². The van der Waals surface area contributed by atoms with Crippen molar-refractivity contribution in [1.29, 1.82) is 0 Å². The van der Waals surface area contributed by atoms with Gasteiger partial charge in [0.25, 0.3) is 5.78 Å². The third-order valence-corrected chi connectivity index (χ3v) is 7.63. The van der Waals surface area contributed by atoms with E-state index in [0.717, 1.165) is 4.70 Å². The Morgan fingerprint density at radius 1 is 0.975 bits per heavy atom. The number of rotatable bonds is 7. The Kier molecular flexibility index (Phi) is 6.77. The average Bonchev–Trinajstić information content (AvgIpc) is 3.50. The summed E-state index contributed by atoms with van der Waals surface area (Å²) in [5.41, 5.74) is 1.54. The molecule has 0 radical (unpaired) electrons. The molecular formula is C30H26N2O7S. The Hall–Kier alpha value is -4.57. The number of anilines is 1. The van der Waals surface area contributed by atoms with Crippen molar-refractivity contribution in [3.05, 3.63) is 77.4 Å². The van der Waals surface area contributed by atoms with Crippen molar-refractivity contribution in [3.8, 4) is 23.0 Å². The van der Waals surface area contributed by atoms with Gasteiger partial charge >= 0.3 is 5.91 Å². The third-order valence-electron chi connectivity index (χ3n) is 6.61. The topological polar surface area (TPSA) is 107 Å². The largest absolute Gasteiger partial charge is 0.507 e. The number of hydrogen-bond acceptors (Lipinski definition) is 9. The summed E-state index contributed by atoms with van der Waals surface area (Å²) < 4.78 is 23.4. The first-order valence-electron chi connectivity index (χ1n) is 13.0. The normalized spacial score (nSPS) is 17.9. The van der Waals surface area contributed by atoms with Crippen LogP contribution in [0.1, 0.15) is 31.0 Å². The monoisotopic (exact) mass is 558 g/mol. The third kappa shape index (κ3) is 4.50. The highest BCUT2D eigenvalue weighted by atomic mass is 32.1. The van der Waals surface area contributed by atoms with Gasteiger partial charge in [-0.25, -0.2) is 4.98 Å². The van der Waals surface area contributed by atoms with Crippen LogP contribution in [0.2, 0.25) is 0 Å². The quantitative estimate of drug-likeness (QED) is 0.180. The number of amides is 1. The number of ketones is 1. The lowest BCUT2D eigenvalue weighted by atomic mass is 9.95. The Bertz CT molecular complexity index is 1660. The van der Waals surface area contributed by atoms with E-state index in [9.17, 15) is 14.7 Å². The Balaban J connectivity index is 1.51. The second-order valence-corrected chi connectivity index (χ2v) is 10.1. The first kappa shape index (κ1) is 25.7. The molecule has 1 fully saturated rings. The number of carbonyl (C=O) groups excluding carboxylic acids is 2. The lowest BCUT2D eigenvalue weighted by Gasteiger charge is -2.23. The van der Waals surface area contributed by atoms with Gasteiger partial charge in [0, 0.05) is 5.56 Å². The van der Waals surface area contributed by atoms with E-state index in [4.69, 9.17) is 18.9 Å². The summed E-state index contributed by atoms with van der Waals surface area (Å²) >= 11 is 1.27. The molecule has 2 aliphatic rings. The van der Waals surface area contributed by atoms with Crippen molar-refractivity contribution in [1.82, 2.24) is 4.98 Å². The van der Waals surface area contributed by atoms with Gasteiger partial charge in [0.05, 0.1) is 35.0 Å². The van der Waals surface area contributed by atoms with Crippen LogP contribution in [0.4, 0.5) is 5.13 Å². The zero-order chi connectivity index (χ0) is 27.8. The zero-order valence-corrected chi connectivity index (χ0v) is 22.7. The van der Waals surface area contributed by atoms with Crippen LogP contribution in [0.25, 0.3) is 16.0 Å². The lowest BCUT2D eigenvalue weighted by Crippen LogP contribution is -2.29. The molecule has 0 bridgehead atoms. The molecule has 10 heteroatoms. The maximum absolute atomic E-state index is 13.6. The molecule has 4 aromatic rings. The number of carbonyl (C=O) groups is 2. The summed E-state index contributed by atoms with van der Waals surface area (Å²) in [6, 6.07) is 16.6. The molecule has 1 unspecified atom stereocenters. The Labute approximate surface area is 234 Å². The van der Waals surface area contributed by atoms with Crippen molar-refractivity contribution >= 4 is 44.1 Å². The second-order valence-electron chi connectivity index (χ2n) is 9.09. The van der Waals surface area contributed by atoms with Crippen molar-refractivity contribution in [3.63, 3.8) is 0 Å². The molecule has 1 atom stereocenters. The predicted octanol–water partition coefficient (Wildman–Crippen LogP) is 5.49. The van der Waals surface area contributed by atoms with Gasteiger partial charge in [0.1, 0.15) is 30.5 Å². The van der Waals surface area contributed by atoms with E-state index in [1.165, 1.54) is 16.2 Å². The lowest BCUT2D eigenvalue weighted by molar-refractivity contribution is -0.132. The van der Waals surface area contributed by atoms with E-state index < -0.39 is 17.7 Å². The van der Waals surface area contributed by atoms with Crippen LogP contribution >= 0.6 is 11.3 Å². The van der Waals surface area contributed by atoms with Gasteiger partial charge in [0.15, 0.2) is 16.6 Å². The number of hydrogen-bond donors (Lipinski definition) is 1. The molecule has 9 nitrogen and oxygen atoms in total. The maximum atomic E-state index is 13.6. The fourth-order valence-corrected chi connectivity index (χ4v) is 5.91. The number of aliphatic hydroxyl groups is 1. The summed E-state index contributed by atoms with van der Waals surface area (Å²) in [4.78, 5) is 33.3. The minimum absolute atomic E-state index is 0.0513. The van der Waals surface area contributed by atoms with Gasteiger partial charge in [-0.05, 0) is 67.9 Å². The second kappa shape index (κ2) is 10.5. The first-order chi connectivity index (χ1) is 19.5. The highest BCUT2D eigenvalue weighted by Crippen LogP contribution is 2.46. The number of fused-ring (bicyclic) bond motifs is 2. The molecule has 1 amide bonds. The molecule has 40 heavy (non-hydrogen) atoms. The summed E-state index contributed by atoms with van der Waals surface area (Å²) in [5, 5.41) is 11.9. The molecule has 204 valence electrons. The summed E-state index contributed by atoms with van der Waals surface area (Å²) in [6.07, 6.45) is 0. The van der Waals surface area contributed by atoms with Crippen LogP contribution in [-0.2, 0) is 9.59 Å². The fourth-order valence-electron chi connectivity index (χ4n) is 4.88. The first-order valence-corrected chi connectivity index (χ1v) is 13.8.